The van der Waals surface area contributed by atoms with Gasteiger partial charge in [0, 0.05) is 12.8 Å². The Bertz CT molecular complexity index is 1720. The quantitative estimate of drug-likeness (QED) is 0.0261. The Labute approximate surface area is 500 Å². The minimum atomic E-state index is -0.853. The van der Waals surface area contributed by atoms with Crippen LogP contribution < -0.4 is 0 Å². The van der Waals surface area contributed by atoms with Crippen LogP contribution in [-0.2, 0) is 28.6 Å². The third-order valence-electron chi connectivity index (χ3n) is 14.2. The van der Waals surface area contributed by atoms with E-state index in [-0.39, 0.29) is 32.0 Å². The van der Waals surface area contributed by atoms with Gasteiger partial charge < -0.3 is 14.2 Å². The number of carbonyl (C=O) groups excluding carboxylic acids is 3. The Morgan fingerprint density at radius 1 is 0.272 bits per heavy atom. The summed E-state index contributed by atoms with van der Waals surface area (Å²) < 4.78 is 16.8. The number of hydrogen-bond donors (Lipinski definition) is 0. The van der Waals surface area contributed by atoms with Crippen LogP contribution in [-0.4, -0.2) is 37.2 Å². The highest BCUT2D eigenvalue weighted by molar-refractivity contribution is 5.72. The molecule has 0 saturated heterocycles. The average molecular weight is 1120 g/mol. The summed E-state index contributed by atoms with van der Waals surface area (Å²) in [4.78, 5) is 38.2. The van der Waals surface area contributed by atoms with Crippen LogP contribution in [0.15, 0.2) is 134 Å². The van der Waals surface area contributed by atoms with E-state index in [0.717, 1.165) is 89.9 Å². The van der Waals surface area contributed by atoms with Crippen LogP contribution in [0, 0.1) is 0 Å². The Balaban J connectivity index is 4.33. The van der Waals surface area contributed by atoms with E-state index >= 15 is 0 Å². The summed E-state index contributed by atoms with van der Waals surface area (Å²) in [5.41, 5.74) is 0. The Kier molecular flexibility index (Phi) is 64.3. The molecule has 81 heavy (non-hydrogen) atoms. The van der Waals surface area contributed by atoms with Crippen molar-refractivity contribution in [2.45, 2.75) is 309 Å². The standard InChI is InChI=1S/C75H124O6/c1-4-7-10-13-16-19-22-25-28-30-31-32-33-34-35-36-37-38-39-40-41-42-43-45-47-50-53-56-59-62-65-68-74(77)80-71-72(70-79-73(76)67-64-61-58-55-52-49-46-27-24-21-18-15-12-9-6-3)81-75(78)69-66-63-60-57-54-51-48-44-29-26-23-20-17-14-11-8-5-2/h8-9,11-12,17-18,20-21,26-27,29-31,46,48,51-52,55,57,60-61,64,72H,4-7,10,13-16,19,22-25,28,32-45,47,49-50,53-54,56,58-59,62-63,65-71H2,1-3H3/b11-8-,12-9-,20-17-,21-18-,29-26-,31-30-,46-27-,51-48-,55-52-,60-57-,64-61-. The summed E-state index contributed by atoms with van der Waals surface area (Å²) in [6, 6.07) is 0. The number of hydrogen-bond acceptors (Lipinski definition) is 6. The minimum absolute atomic E-state index is 0.111. The lowest BCUT2D eigenvalue weighted by atomic mass is 10.0. The topological polar surface area (TPSA) is 78.9 Å². The predicted octanol–water partition coefficient (Wildman–Crippen LogP) is 23.3. The summed E-state index contributed by atoms with van der Waals surface area (Å²) in [5, 5.41) is 0. The maximum atomic E-state index is 12.9. The molecule has 0 aromatic carbocycles. The van der Waals surface area contributed by atoms with Gasteiger partial charge in [-0.15, -0.1) is 0 Å². The first-order valence-corrected chi connectivity index (χ1v) is 33.7. The van der Waals surface area contributed by atoms with E-state index in [4.69, 9.17) is 14.2 Å². The Hall–Kier alpha value is -4.45. The fourth-order valence-corrected chi connectivity index (χ4v) is 9.20. The monoisotopic (exact) mass is 1120 g/mol. The minimum Gasteiger partial charge on any atom is -0.462 e. The molecule has 0 aliphatic heterocycles. The molecule has 6 heteroatoms. The Morgan fingerprint density at radius 3 is 0.914 bits per heavy atom. The molecular formula is C75H124O6. The lowest BCUT2D eigenvalue weighted by Gasteiger charge is -2.18. The van der Waals surface area contributed by atoms with Gasteiger partial charge in [-0.3, -0.25) is 14.4 Å². The number of ether oxygens (including phenoxy) is 3. The highest BCUT2D eigenvalue weighted by Crippen LogP contribution is 2.17. The van der Waals surface area contributed by atoms with Gasteiger partial charge in [0.05, 0.1) is 6.42 Å². The number of esters is 3. The van der Waals surface area contributed by atoms with E-state index in [0.29, 0.717) is 12.8 Å². The molecule has 0 aromatic rings. The fraction of sp³-hybridized carbons (Fsp3) is 0.667. The van der Waals surface area contributed by atoms with Crippen molar-refractivity contribution in [3.05, 3.63) is 134 Å². The second kappa shape index (κ2) is 68.1. The number of allylic oxidation sites excluding steroid dienone is 21. The van der Waals surface area contributed by atoms with Crippen LogP contribution in [0.4, 0.5) is 0 Å². The number of carbonyl (C=O) groups is 3. The van der Waals surface area contributed by atoms with Gasteiger partial charge in [-0.1, -0.05) is 309 Å². The van der Waals surface area contributed by atoms with Crippen molar-refractivity contribution in [1.82, 2.24) is 0 Å². The van der Waals surface area contributed by atoms with E-state index in [1.165, 1.54) is 167 Å². The Morgan fingerprint density at radius 2 is 0.543 bits per heavy atom. The van der Waals surface area contributed by atoms with Crippen molar-refractivity contribution in [3.8, 4) is 0 Å². The smallest absolute Gasteiger partial charge is 0.309 e. The number of rotatable bonds is 60. The zero-order chi connectivity index (χ0) is 58.5. The largest absolute Gasteiger partial charge is 0.462 e. The van der Waals surface area contributed by atoms with Crippen molar-refractivity contribution >= 4 is 17.9 Å². The average Bonchev–Trinajstić information content (AvgIpc) is 3.47. The molecule has 0 rings (SSSR count). The summed E-state index contributed by atoms with van der Waals surface area (Å²) in [7, 11) is 0. The van der Waals surface area contributed by atoms with Gasteiger partial charge in [0.1, 0.15) is 13.2 Å². The van der Waals surface area contributed by atoms with Gasteiger partial charge in [0.2, 0.25) is 0 Å². The molecule has 0 spiro atoms. The van der Waals surface area contributed by atoms with Gasteiger partial charge in [-0.2, -0.15) is 0 Å². The third kappa shape index (κ3) is 66.2. The van der Waals surface area contributed by atoms with Crippen LogP contribution >= 0.6 is 0 Å². The third-order valence-corrected chi connectivity index (χ3v) is 14.2. The molecule has 460 valence electrons. The SMILES string of the molecule is CC/C=C\C/C=C\C/C=C\C/C=C\C/C=C\CCCC(=O)OC(COC(=O)C/C=C\C/C=C\C/C=C\C/C=C\C/C=C\CC)COC(=O)CCCCCCCCCCCCCCCCCCCCC/C=C\CCCCCCCCCC. The first kappa shape index (κ1) is 76.5. The summed E-state index contributed by atoms with van der Waals surface area (Å²) in [6.45, 7) is 6.29. The molecule has 0 aromatic heterocycles. The first-order chi connectivity index (χ1) is 40.0. The van der Waals surface area contributed by atoms with Gasteiger partial charge in [-0.25, -0.2) is 0 Å². The molecule has 0 aliphatic carbocycles. The molecule has 0 radical (unpaired) electrons. The molecule has 0 saturated carbocycles. The van der Waals surface area contributed by atoms with Crippen molar-refractivity contribution in [2.24, 2.45) is 0 Å². The van der Waals surface area contributed by atoms with Gasteiger partial charge in [-0.05, 0) is 109 Å². The molecular weight excluding hydrogens is 997 g/mol. The lowest BCUT2D eigenvalue weighted by molar-refractivity contribution is -0.166. The second-order valence-corrected chi connectivity index (χ2v) is 22.0. The molecule has 0 bridgehead atoms. The van der Waals surface area contributed by atoms with Crippen LogP contribution in [0.5, 0.6) is 0 Å². The summed E-state index contributed by atoms with van der Waals surface area (Å²) >= 11 is 0. The maximum absolute atomic E-state index is 12.9. The van der Waals surface area contributed by atoms with Crippen molar-refractivity contribution < 1.29 is 28.6 Å². The normalized spacial score (nSPS) is 13.0. The van der Waals surface area contributed by atoms with Gasteiger partial charge in [0.25, 0.3) is 0 Å². The van der Waals surface area contributed by atoms with Crippen LogP contribution in [0.25, 0.3) is 0 Å². The molecule has 0 amide bonds. The van der Waals surface area contributed by atoms with E-state index in [2.05, 4.69) is 142 Å². The predicted molar refractivity (Wildman–Crippen MR) is 353 cm³/mol. The van der Waals surface area contributed by atoms with Gasteiger partial charge in [0.15, 0.2) is 6.10 Å². The highest BCUT2D eigenvalue weighted by atomic mass is 16.6. The zero-order valence-corrected chi connectivity index (χ0v) is 52.8. The van der Waals surface area contributed by atoms with Crippen LogP contribution in [0.2, 0.25) is 0 Å². The molecule has 1 unspecified atom stereocenters. The van der Waals surface area contributed by atoms with E-state index < -0.39 is 18.0 Å². The molecule has 0 aliphatic rings. The molecule has 0 heterocycles. The second-order valence-electron chi connectivity index (χ2n) is 22.0. The van der Waals surface area contributed by atoms with Crippen LogP contribution in [0.3, 0.4) is 0 Å². The molecule has 0 N–H and O–H groups in total. The maximum Gasteiger partial charge on any atom is 0.309 e. The lowest BCUT2D eigenvalue weighted by Crippen LogP contribution is -2.30. The van der Waals surface area contributed by atoms with E-state index in [1.54, 1.807) is 6.08 Å². The fourth-order valence-electron chi connectivity index (χ4n) is 9.20. The summed E-state index contributed by atoms with van der Waals surface area (Å²) in [6.07, 6.45) is 96.7. The zero-order valence-electron chi connectivity index (χ0n) is 52.8. The molecule has 0 fully saturated rings. The van der Waals surface area contributed by atoms with Crippen molar-refractivity contribution in [3.63, 3.8) is 0 Å². The van der Waals surface area contributed by atoms with Crippen molar-refractivity contribution in [1.29, 1.82) is 0 Å². The van der Waals surface area contributed by atoms with Crippen LogP contribution in [0.1, 0.15) is 303 Å². The van der Waals surface area contributed by atoms with E-state index in [9.17, 15) is 14.4 Å². The molecule has 1 atom stereocenters. The summed E-state index contributed by atoms with van der Waals surface area (Å²) in [5.74, 6) is -1.12. The molecule has 6 nitrogen and oxygen atoms in total. The van der Waals surface area contributed by atoms with E-state index in [1.807, 2.05) is 6.08 Å². The first-order valence-electron chi connectivity index (χ1n) is 33.7. The number of unbranched alkanes of at least 4 members (excludes halogenated alkanes) is 28. The highest BCUT2D eigenvalue weighted by Gasteiger charge is 2.19. The van der Waals surface area contributed by atoms with Gasteiger partial charge >= 0.3 is 17.9 Å². The van der Waals surface area contributed by atoms with Crippen molar-refractivity contribution in [2.75, 3.05) is 13.2 Å².